The Kier molecular flexibility index (Phi) is 7.12. The summed E-state index contributed by atoms with van der Waals surface area (Å²) < 4.78 is 25.1. The highest BCUT2D eigenvalue weighted by Crippen LogP contribution is 2.22. The number of hydrogen-bond donors (Lipinski definition) is 2. The maximum atomic E-state index is 14.2. The van der Waals surface area contributed by atoms with Gasteiger partial charge < -0.3 is 19.9 Å². The molecule has 2 heterocycles. The molecule has 150 valence electrons. The molecule has 2 N–H and O–H groups in total. The Morgan fingerprint density at radius 3 is 3.07 bits per heavy atom. The van der Waals surface area contributed by atoms with E-state index < -0.39 is 22.9 Å². The summed E-state index contributed by atoms with van der Waals surface area (Å²) in [4.78, 5) is 22.3. The van der Waals surface area contributed by atoms with Gasteiger partial charge in [-0.15, -0.1) is 5.10 Å². The minimum absolute atomic E-state index is 0.0950. The molecule has 0 radical (unpaired) electrons. The van der Waals surface area contributed by atoms with Gasteiger partial charge in [-0.3, -0.25) is 9.59 Å². The number of nitrogens with zero attached hydrogens (tertiary/aromatic N) is 2. The first-order valence-corrected chi connectivity index (χ1v) is 9.67. The molecule has 1 aromatic rings. The molecule has 2 aliphatic heterocycles. The van der Waals surface area contributed by atoms with Gasteiger partial charge in [0.05, 0.1) is 32.0 Å². The van der Waals surface area contributed by atoms with Gasteiger partial charge in [-0.25, -0.2) is 4.39 Å². The number of nitrogens with one attached hydrogen (secondary N) is 1. The third kappa shape index (κ3) is 5.85. The van der Waals surface area contributed by atoms with Crippen molar-refractivity contribution in [3.63, 3.8) is 0 Å². The first-order chi connectivity index (χ1) is 13.5. The van der Waals surface area contributed by atoms with E-state index in [-0.39, 0.29) is 24.3 Å². The summed E-state index contributed by atoms with van der Waals surface area (Å²) in [5.41, 5.74) is 0.942. The molecule has 0 spiro atoms. The van der Waals surface area contributed by atoms with Crippen molar-refractivity contribution >= 4 is 35.0 Å². The van der Waals surface area contributed by atoms with E-state index >= 15 is 0 Å². The lowest BCUT2D eigenvalue weighted by atomic mass is 10.1. The molecule has 1 aromatic carbocycles. The fraction of sp³-hybridized carbons (Fsp3) is 0.444. The number of rotatable bonds is 8. The van der Waals surface area contributed by atoms with Crippen LogP contribution in [0.2, 0.25) is 0 Å². The zero-order valence-electron chi connectivity index (χ0n) is 15.0. The zero-order valence-corrected chi connectivity index (χ0v) is 15.8. The summed E-state index contributed by atoms with van der Waals surface area (Å²) in [7, 11) is 0. The van der Waals surface area contributed by atoms with Crippen molar-refractivity contribution < 1.29 is 28.6 Å². The Labute approximate surface area is 165 Å². The Hall–Kier alpha value is -2.30. The van der Waals surface area contributed by atoms with E-state index in [0.29, 0.717) is 17.7 Å². The van der Waals surface area contributed by atoms with Crippen LogP contribution in [-0.4, -0.2) is 52.9 Å². The van der Waals surface area contributed by atoms with E-state index in [2.05, 4.69) is 15.5 Å². The van der Waals surface area contributed by atoms with Gasteiger partial charge in [0.2, 0.25) is 5.91 Å². The third-order valence-electron chi connectivity index (χ3n) is 4.15. The zero-order chi connectivity index (χ0) is 19.9. The number of thioether (sulfide) groups is 1. The fourth-order valence-corrected chi connectivity index (χ4v) is 3.65. The number of ether oxygens (including phenoxy) is 2. The Balaban J connectivity index is 1.51. The molecule has 0 saturated carbocycles. The number of amides is 1. The first kappa shape index (κ1) is 20.4. The van der Waals surface area contributed by atoms with Gasteiger partial charge in [-0.05, 0) is 24.5 Å². The molecule has 1 amide bonds. The standard InChI is InChI=1S/C18H20FN3O5S/c19-14-6-11(3-4-12(14)9-26-10-13-2-1-5-27-13)8-20-22-18-21-17(25)15(28-18)7-16(23)24/h3-4,6,8,13,15H,1-2,5,7,9-10H2,(H,23,24)(H,21,22,25). The van der Waals surface area contributed by atoms with E-state index in [1.807, 2.05) is 0 Å². The minimum atomic E-state index is -1.06. The van der Waals surface area contributed by atoms with Gasteiger partial charge in [0.25, 0.3) is 0 Å². The Morgan fingerprint density at radius 2 is 2.36 bits per heavy atom. The molecule has 8 nitrogen and oxygen atoms in total. The van der Waals surface area contributed by atoms with Crippen LogP contribution in [0.3, 0.4) is 0 Å². The quantitative estimate of drug-likeness (QED) is 0.501. The smallest absolute Gasteiger partial charge is 0.305 e. The number of carboxylic acid groups (broad SMARTS) is 1. The molecule has 2 unspecified atom stereocenters. The van der Waals surface area contributed by atoms with E-state index in [0.717, 1.165) is 31.2 Å². The van der Waals surface area contributed by atoms with E-state index in [1.165, 1.54) is 12.3 Å². The van der Waals surface area contributed by atoms with Crippen molar-refractivity contribution in [3.05, 3.63) is 35.1 Å². The van der Waals surface area contributed by atoms with Gasteiger partial charge >= 0.3 is 5.97 Å². The predicted molar refractivity (Wildman–Crippen MR) is 102 cm³/mol. The minimum Gasteiger partial charge on any atom is -0.481 e. The highest BCUT2D eigenvalue weighted by atomic mass is 32.2. The molecule has 2 atom stereocenters. The molecule has 2 saturated heterocycles. The van der Waals surface area contributed by atoms with Gasteiger partial charge in [0.15, 0.2) is 5.17 Å². The highest BCUT2D eigenvalue weighted by Gasteiger charge is 2.32. The maximum Gasteiger partial charge on any atom is 0.305 e. The van der Waals surface area contributed by atoms with Crippen LogP contribution in [0, 0.1) is 5.82 Å². The number of amidine groups is 1. The second-order valence-electron chi connectivity index (χ2n) is 6.34. The summed E-state index contributed by atoms with van der Waals surface area (Å²) >= 11 is 1.00. The van der Waals surface area contributed by atoms with Gasteiger partial charge in [0.1, 0.15) is 11.1 Å². The summed E-state index contributed by atoms with van der Waals surface area (Å²) in [6.45, 7) is 1.37. The van der Waals surface area contributed by atoms with Crippen molar-refractivity contribution in [1.82, 2.24) is 5.32 Å². The Morgan fingerprint density at radius 1 is 1.50 bits per heavy atom. The van der Waals surface area contributed by atoms with Crippen LogP contribution in [0.5, 0.6) is 0 Å². The van der Waals surface area contributed by atoms with Gasteiger partial charge in [-0.1, -0.05) is 23.9 Å². The lowest BCUT2D eigenvalue weighted by Gasteiger charge is -2.10. The van der Waals surface area contributed by atoms with Crippen LogP contribution in [0.15, 0.2) is 28.4 Å². The summed E-state index contributed by atoms with van der Waals surface area (Å²) in [5, 5.41) is 18.4. The number of halogens is 1. The third-order valence-corrected chi connectivity index (χ3v) is 5.23. The van der Waals surface area contributed by atoms with Crippen LogP contribution in [-0.2, 0) is 25.7 Å². The normalized spacial score (nSPS) is 23.6. The van der Waals surface area contributed by atoms with Crippen molar-refractivity contribution in [2.45, 2.75) is 37.2 Å². The van der Waals surface area contributed by atoms with Crippen LogP contribution in [0.25, 0.3) is 0 Å². The summed E-state index contributed by atoms with van der Waals surface area (Å²) in [6.07, 6.45) is 3.15. The highest BCUT2D eigenvalue weighted by molar-refractivity contribution is 8.15. The van der Waals surface area contributed by atoms with Crippen molar-refractivity contribution in [2.75, 3.05) is 13.2 Å². The molecular formula is C18H20FN3O5S. The molecule has 0 aliphatic carbocycles. The first-order valence-electron chi connectivity index (χ1n) is 8.79. The summed E-state index contributed by atoms with van der Waals surface area (Å²) in [6, 6.07) is 4.63. The number of aliphatic carboxylic acids is 1. The van der Waals surface area contributed by atoms with Crippen LogP contribution < -0.4 is 5.32 Å². The number of hydrogen-bond acceptors (Lipinski definition) is 7. The van der Waals surface area contributed by atoms with Crippen LogP contribution in [0.4, 0.5) is 4.39 Å². The summed E-state index contributed by atoms with van der Waals surface area (Å²) in [5.74, 6) is -1.89. The Bertz CT molecular complexity index is 795. The number of carboxylic acids is 1. The van der Waals surface area contributed by atoms with E-state index in [4.69, 9.17) is 14.6 Å². The van der Waals surface area contributed by atoms with E-state index in [9.17, 15) is 14.0 Å². The van der Waals surface area contributed by atoms with Gasteiger partial charge in [-0.2, -0.15) is 5.10 Å². The average molecular weight is 409 g/mol. The van der Waals surface area contributed by atoms with Crippen LogP contribution in [0.1, 0.15) is 30.4 Å². The molecule has 2 fully saturated rings. The molecule has 3 rings (SSSR count). The van der Waals surface area contributed by atoms with Crippen molar-refractivity contribution in [2.24, 2.45) is 10.2 Å². The average Bonchev–Trinajstić information content (AvgIpc) is 3.27. The SMILES string of the molecule is O=C(O)CC1SC(=NN=Cc2ccc(COCC3CCCO3)c(F)c2)NC1=O. The lowest BCUT2D eigenvalue weighted by Crippen LogP contribution is -2.26. The largest absolute Gasteiger partial charge is 0.481 e. The molecule has 10 heteroatoms. The van der Waals surface area contributed by atoms with Crippen molar-refractivity contribution in [3.8, 4) is 0 Å². The fourth-order valence-electron chi connectivity index (χ4n) is 2.73. The molecular weight excluding hydrogens is 389 g/mol. The van der Waals surface area contributed by atoms with E-state index in [1.54, 1.807) is 12.1 Å². The van der Waals surface area contributed by atoms with Gasteiger partial charge in [0, 0.05) is 12.2 Å². The topological polar surface area (TPSA) is 110 Å². The monoisotopic (exact) mass is 409 g/mol. The van der Waals surface area contributed by atoms with Crippen LogP contribution >= 0.6 is 11.8 Å². The van der Waals surface area contributed by atoms with Crippen molar-refractivity contribution in [1.29, 1.82) is 0 Å². The number of benzene rings is 1. The molecule has 0 bridgehead atoms. The molecule has 28 heavy (non-hydrogen) atoms. The number of carbonyl (C=O) groups excluding carboxylic acids is 1. The molecule has 2 aliphatic rings. The second kappa shape index (κ2) is 9.76. The number of carbonyl (C=O) groups is 2. The molecule has 0 aromatic heterocycles. The second-order valence-corrected chi connectivity index (χ2v) is 7.54. The lowest BCUT2D eigenvalue weighted by molar-refractivity contribution is -0.138. The predicted octanol–water partition coefficient (Wildman–Crippen LogP) is 1.92. The maximum absolute atomic E-state index is 14.2.